The van der Waals surface area contributed by atoms with Crippen molar-refractivity contribution in [3.8, 4) is 5.75 Å². The smallest absolute Gasteiger partial charge is 0.408 e. The molecule has 0 bridgehead atoms. The quantitative estimate of drug-likeness (QED) is 0.464. The van der Waals surface area contributed by atoms with Crippen LogP contribution < -0.4 is 10.6 Å². The molecule has 1 aliphatic rings. The zero-order chi connectivity index (χ0) is 28.3. The Morgan fingerprint density at radius 2 is 1.66 bits per heavy atom. The van der Waals surface area contributed by atoms with Gasteiger partial charge >= 0.3 is 6.09 Å². The van der Waals surface area contributed by atoms with Crippen LogP contribution in [0.5, 0.6) is 5.75 Å². The van der Waals surface area contributed by atoms with Crippen molar-refractivity contribution in [1.82, 2.24) is 15.5 Å². The summed E-state index contributed by atoms with van der Waals surface area (Å²) in [6.07, 6.45) is 0.252. The van der Waals surface area contributed by atoms with Crippen LogP contribution in [-0.4, -0.2) is 51.1 Å². The predicted octanol–water partition coefficient (Wildman–Crippen LogP) is 4.72. The maximum absolute atomic E-state index is 14.4. The van der Waals surface area contributed by atoms with Gasteiger partial charge in [-0.1, -0.05) is 49.4 Å². The number of ether oxygens (including phenoxy) is 1. The Hall–Kier alpha value is -3.55. The van der Waals surface area contributed by atoms with Crippen LogP contribution in [0.15, 0.2) is 54.6 Å². The summed E-state index contributed by atoms with van der Waals surface area (Å²) in [7, 11) is 0. The number of benzene rings is 2. The fraction of sp³-hybridized carbons (Fsp3) is 0.500. The predicted molar refractivity (Wildman–Crippen MR) is 146 cm³/mol. The van der Waals surface area contributed by atoms with Gasteiger partial charge in [-0.05, 0) is 77.1 Å². The number of alkyl carbamates (subject to hydrolysis) is 1. The first-order chi connectivity index (χ1) is 17.6. The van der Waals surface area contributed by atoms with Crippen molar-refractivity contribution in [3.63, 3.8) is 0 Å². The molecule has 0 saturated heterocycles. The van der Waals surface area contributed by atoms with Gasteiger partial charge in [-0.15, -0.1) is 0 Å². The summed E-state index contributed by atoms with van der Waals surface area (Å²) in [6.45, 7) is 12.9. The highest BCUT2D eigenvalue weighted by Gasteiger charge is 2.48. The van der Waals surface area contributed by atoms with Gasteiger partial charge in [0.05, 0.1) is 0 Å². The average Bonchev–Trinajstić information content (AvgIpc) is 3.50. The Labute approximate surface area is 225 Å². The minimum atomic E-state index is -0.998. The SMILES string of the molecule is CC1CC1N(C(=O)C(Cc1ccccc1)NC(=O)OC(C)(C)C)C(C(=O)NC(C)(C)C)c1cccc(O)c1. The summed E-state index contributed by atoms with van der Waals surface area (Å²) in [6, 6.07) is 13.7. The summed E-state index contributed by atoms with van der Waals surface area (Å²) in [5.41, 5.74) is 0.0637. The van der Waals surface area contributed by atoms with E-state index in [0.717, 1.165) is 12.0 Å². The van der Waals surface area contributed by atoms with Crippen molar-refractivity contribution in [1.29, 1.82) is 0 Å². The number of phenolic OH excluding ortho intramolecular Hbond substituents is 1. The number of nitrogens with one attached hydrogen (secondary N) is 2. The monoisotopic (exact) mass is 523 g/mol. The third-order valence-electron chi connectivity index (χ3n) is 6.16. The fourth-order valence-corrected chi connectivity index (χ4v) is 4.42. The highest BCUT2D eigenvalue weighted by molar-refractivity contribution is 5.93. The van der Waals surface area contributed by atoms with Gasteiger partial charge in [-0.25, -0.2) is 4.79 Å². The summed E-state index contributed by atoms with van der Waals surface area (Å²) in [5.74, 6) is -0.558. The zero-order valence-electron chi connectivity index (χ0n) is 23.4. The normalized spacial score (nSPS) is 18.6. The second-order valence-corrected chi connectivity index (χ2v) is 12.2. The molecule has 0 aromatic heterocycles. The molecule has 38 heavy (non-hydrogen) atoms. The van der Waals surface area contributed by atoms with Gasteiger partial charge in [0.2, 0.25) is 11.8 Å². The molecular formula is C30H41N3O5. The number of nitrogens with zero attached hydrogens (tertiary/aromatic N) is 1. The highest BCUT2D eigenvalue weighted by Crippen LogP contribution is 2.41. The van der Waals surface area contributed by atoms with Crippen molar-refractivity contribution >= 4 is 17.9 Å². The van der Waals surface area contributed by atoms with Crippen molar-refractivity contribution in [3.05, 3.63) is 65.7 Å². The third-order valence-corrected chi connectivity index (χ3v) is 6.16. The van der Waals surface area contributed by atoms with Crippen LogP contribution in [0.3, 0.4) is 0 Å². The lowest BCUT2D eigenvalue weighted by molar-refractivity contribution is -0.144. The van der Waals surface area contributed by atoms with Gasteiger partial charge in [-0.2, -0.15) is 0 Å². The van der Waals surface area contributed by atoms with Crippen molar-refractivity contribution in [2.24, 2.45) is 5.92 Å². The standard InChI is InChI=1S/C30H41N3O5/c1-19-16-24(19)33(25(26(35)32-29(2,3)4)21-14-11-15-22(34)18-21)27(36)23(17-20-12-9-8-10-13-20)31-28(37)38-30(5,6)7/h8-15,18-19,23-25,34H,16-17H2,1-7H3,(H,31,37)(H,32,35). The first-order valence-corrected chi connectivity index (χ1v) is 13.1. The summed E-state index contributed by atoms with van der Waals surface area (Å²) < 4.78 is 5.47. The molecule has 3 N–H and O–H groups in total. The molecule has 4 atom stereocenters. The van der Waals surface area contributed by atoms with Crippen LogP contribution in [0, 0.1) is 5.92 Å². The van der Waals surface area contributed by atoms with E-state index >= 15 is 0 Å². The molecular weight excluding hydrogens is 482 g/mol. The molecule has 4 unspecified atom stereocenters. The molecule has 0 aliphatic heterocycles. The second-order valence-electron chi connectivity index (χ2n) is 12.2. The van der Waals surface area contributed by atoms with Crippen LogP contribution in [0.25, 0.3) is 0 Å². The van der Waals surface area contributed by atoms with E-state index in [1.807, 2.05) is 58.0 Å². The van der Waals surface area contributed by atoms with Crippen molar-refractivity contribution in [2.75, 3.05) is 0 Å². The largest absolute Gasteiger partial charge is 0.508 e. The van der Waals surface area contributed by atoms with E-state index in [1.165, 1.54) is 12.1 Å². The number of carbonyl (C=O) groups is 3. The van der Waals surface area contributed by atoms with Gasteiger partial charge in [0.25, 0.3) is 0 Å². The highest BCUT2D eigenvalue weighted by atomic mass is 16.6. The van der Waals surface area contributed by atoms with E-state index in [4.69, 9.17) is 4.74 Å². The number of amides is 3. The Morgan fingerprint density at radius 3 is 2.18 bits per heavy atom. The van der Waals surface area contributed by atoms with E-state index in [0.29, 0.717) is 5.56 Å². The Morgan fingerprint density at radius 1 is 1.03 bits per heavy atom. The van der Waals surface area contributed by atoms with Gasteiger partial charge in [-0.3, -0.25) is 9.59 Å². The molecule has 206 valence electrons. The zero-order valence-corrected chi connectivity index (χ0v) is 23.4. The molecule has 2 aromatic carbocycles. The van der Waals surface area contributed by atoms with Gasteiger partial charge in [0.1, 0.15) is 23.4 Å². The second kappa shape index (κ2) is 11.5. The Balaban J connectivity index is 2.05. The molecule has 1 saturated carbocycles. The molecule has 0 radical (unpaired) electrons. The van der Waals surface area contributed by atoms with Gasteiger partial charge in [0, 0.05) is 18.0 Å². The minimum Gasteiger partial charge on any atom is -0.508 e. The number of hydrogen-bond donors (Lipinski definition) is 3. The lowest BCUT2D eigenvalue weighted by Crippen LogP contribution is -2.56. The van der Waals surface area contributed by atoms with Crippen LogP contribution >= 0.6 is 0 Å². The Kier molecular flexibility index (Phi) is 8.75. The first kappa shape index (κ1) is 29.0. The van der Waals surface area contributed by atoms with Crippen LogP contribution in [0.2, 0.25) is 0 Å². The Bertz CT molecular complexity index is 1140. The van der Waals surface area contributed by atoms with E-state index in [9.17, 15) is 19.5 Å². The molecule has 3 rings (SSSR count). The maximum atomic E-state index is 14.4. The molecule has 1 fully saturated rings. The number of rotatable bonds is 8. The first-order valence-electron chi connectivity index (χ1n) is 13.1. The van der Waals surface area contributed by atoms with E-state index in [-0.39, 0.29) is 35.9 Å². The lowest BCUT2D eigenvalue weighted by Gasteiger charge is -2.36. The van der Waals surface area contributed by atoms with E-state index in [2.05, 4.69) is 10.6 Å². The summed E-state index contributed by atoms with van der Waals surface area (Å²) in [4.78, 5) is 42.5. The number of phenols is 1. The lowest BCUT2D eigenvalue weighted by atomic mass is 9.98. The molecule has 8 heteroatoms. The minimum absolute atomic E-state index is 0.0000172. The average molecular weight is 524 g/mol. The fourth-order valence-electron chi connectivity index (χ4n) is 4.42. The van der Waals surface area contributed by atoms with Crippen LogP contribution in [0.4, 0.5) is 4.79 Å². The molecule has 1 aliphatic carbocycles. The van der Waals surface area contributed by atoms with Gasteiger partial charge in [0.15, 0.2) is 0 Å². The molecule has 3 amide bonds. The molecule has 2 aromatic rings. The van der Waals surface area contributed by atoms with E-state index < -0.39 is 29.3 Å². The van der Waals surface area contributed by atoms with Gasteiger partial charge < -0.3 is 25.4 Å². The third kappa shape index (κ3) is 8.23. The molecule has 0 heterocycles. The van der Waals surface area contributed by atoms with Crippen LogP contribution in [-0.2, 0) is 20.7 Å². The topological polar surface area (TPSA) is 108 Å². The maximum Gasteiger partial charge on any atom is 0.408 e. The number of hydrogen-bond acceptors (Lipinski definition) is 5. The molecule has 0 spiro atoms. The summed E-state index contributed by atoms with van der Waals surface area (Å²) >= 11 is 0. The number of aromatic hydroxyl groups is 1. The molecule has 8 nitrogen and oxygen atoms in total. The van der Waals surface area contributed by atoms with Crippen molar-refractivity contribution < 1.29 is 24.2 Å². The van der Waals surface area contributed by atoms with Crippen molar-refractivity contribution in [2.45, 2.75) is 90.6 Å². The summed E-state index contributed by atoms with van der Waals surface area (Å²) in [5, 5.41) is 16.0. The van der Waals surface area contributed by atoms with E-state index in [1.54, 1.807) is 37.8 Å². The van der Waals surface area contributed by atoms with Crippen LogP contribution in [0.1, 0.15) is 72.1 Å². The number of carbonyl (C=O) groups excluding carboxylic acids is 3.